The molecule has 4 saturated carbocycles. The Morgan fingerprint density at radius 3 is 2.55 bits per heavy atom. The highest BCUT2D eigenvalue weighted by atomic mass is 32.2. The number of anilines is 1. The molecule has 3 atom stereocenters. The summed E-state index contributed by atoms with van der Waals surface area (Å²) in [6.45, 7) is 1.51. The number of carboxylic acids is 1. The minimum absolute atomic E-state index is 0.0773. The summed E-state index contributed by atoms with van der Waals surface area (Å²) in [5, 5.41) is 24.3. The van der Waals surface area contributed by atoms with E-state index >= 15 is 0 Å². The molecule has 1 saturated heterocycles. The van der Waals surface area contributed by atoms with Crippen molar-refractivity contribution in [2.45, 2.75) is 73.8 Å². The highest BCUT2D eigenvalue weighted by Gasteiger charge is 2.55. The second-order valence-electron chi connectivity index (χ2n) is 12.0. The van der Waals surface area contributed by atoms with Gasteiger partial charge in [0.05, 0.1) is 11.2 Å². The van der Waals surface area contributed by atoms with Crippen LogP contribution in [0, 0.1) is 23.7 Å². The molecule has 2 heterocycles. The topological polar surface area (TPSA) is 103 Å². The van der Waals surface area contributed by atoms with Crippen molar-refractivity contribution in [1.29, 1.82) is 0 Å². The van der Waals surface area contributed by atoms with Crippen molar-refractivity contribution in [3.8, 4) is 0 Å². The minimum Gasteiger partial charge on any atom is -0.481 e. The van der Waals surface area contributed by atoms with Gasteiger partial charge in [0.2, 0.25) is 0 Å². The molecule has 5 aliphatic rings. The van der Waals surface area contributed by atoms with E-state index in [9.17, 15) is 19.8 Å². The molecular weight excluding hydrogens is 498 g/mol. The summed E-state index contributed by atoms with van der Waals surface area (Å²) in [6, 6.07) is 14.1. The largest absolute Gasteiger partial charge is 0.481 e. The van der Waals surface area contributed by atoms with Gasteiger partial charge in [0, 0.05) is 31.3 Å². The molecule has 202 valence electrons. The van der Waals surface area contributed by atoms with E-state index in [1.54, 1.807) is 11.8 Å². The molecule has 2 aromatic rings. The van der Waals surface area contributed by atoms with Crippen LogP contribution in [0.25, 0.3) is 0 Å². The lowest BCUT2D eigenvalue weighted by Gasteiger charge is -2.58. The minimum atomic E-state index is -0.757. The Morgan fingerprint density at radius 2 is 1.84 bits per heavy atom. The summed E-state index contributed by atoms with van der Waals surface area (Å²) < 4.78 is 0. The molecule has 5 fully saturated rings. The summed E-state index contributed by atoms with van der Waals surface area (Å²) in [5.41, 5.74) is 1.25. The van der Waals surface area contributed by atoms with Crippen LogP contribution in [0.15, 0.2) is 47.5 Å². The lowest BCUT2D eigenvalue weighted by atomic mass is 9.52. The van der Waals surface area contributed by atoms with Crippen LogP contribution in [-0.4, -0.2) is 51.8 Å². The second-order valence-corrected chi connectivity index (χ2v) is 13.0. The van der Waals surface area contributed by atoms with Crippen molar-refractivity contribution in [2.75, 3.05) is 18.0 Å². The molecule has 1 aromatic heterocycles. The quantitative estimate of drug-likeness (QED) is 0.420. The SMILES string of the molecule is O=C(O)C[C@@H]1CCCN(c2ccc(C(=O)N[C@H]3C4CC5CC3C[C@@](O)(C5)C4)c(SCc3ccccc3)n2)C1. The van der Waals surface area contributed by atoms with E-state index in [2.05, 4.69) is 22.3 Å². The number of hydrogen-bond acceptors (Lipinski definition) is 6. The van der Waals surface area contributed by atoms with E-state index in [1.165, 1.54) is 5.56 Å². The number of pyridine rings is 1. The zero-order chi connectivity index (χ0) is 26.3. The Labute approximate surface area is 228 Å². The van der Waals surface area contributed by atoms with Crippen molar-refractivity contribution < 1.29 is 19.8 Å². The van der Waals surface area contributed by atoms with Gasteiger partial charge >= 0.3 is 5.97 Å². The fourth-order valence-electron chi connectivity index (χ4n) is 7.75. The number of nitrogens with zero attached hydrogens (tertiary/aromatic N) is 2. The van der Waals surface area contributed by atoms with E-state index < -0.39 is 11.6 Å². The molecule has 8 heteroatoms. The summed E-state index contributed by atoms with van der Waals surface area (Å²) in [4.78, 5) is 32.1. The number of benzene rings is 1. The van der Waals surface area contributed by atoms with Gasteiger partial charge in [0.25, 0.3) is 5.91 Å². The summed E-state index contributed by atoms with van der Waals surface area (Å²) in [7, 11) is 0. The molecule has 0 spiro atoms. The molecule has 4 bridgehead atoms. The Bertz CT molecular complexity index is 1180. The monoisotopic (exact) mass is 535 g/mol. The van der Waals surface area contributed by atoms with Gasteiger partial charge in [0.1, 0.15) is 10.8 Å². The molecule has 3 N–H and O–H groups in total. The molecule has 2 unspecified atom stereocenters. The van der Waals surface area contributed by atoms with Gasteiger partial charge in [-0.05, 0) is 86.3 Å². The Kier molecular flexibility index (Phi) is 7.12. The zero-order valence-electron chi connectivity index (χ0n) is 21.7. The Morgan fingerprint density at radius 1 is 1.08 bits per heavy atom. The normalized spacial score (nSPS) is 31.8. The van der Waals surface area contributed by atoms with Gasteiger partial charge in [-0.15, -0.1) is 11.8 Å². The van der Waals surface area contributed by atoms with Crippen LogP contribution in [0.5, 0.6) is 0 Å². The third-order valence-electron chi connectivity index (χ3n) is 9.15. The summed E-state index contributed by atoms with van der Waals surface area (Å²) >= 11 is 1.58. The van der Waals surface area contributed by atoms with E-state index in [-0.39, 0.29) is 24.3 Å². The van der Waals surface area contributed by atoms with Crippen LogP contribution >= 0.6 is 11.8 Å². The predicted molar refractivity (Wildman–Crippen MR) is 147 cm³/mol. The van der Waals surface area contributed by atoms with Crippen molar-refractivity contribution in [3.05, 3.63) is 53.6 Å². The Balaban J connectivity index is 1.22. The highest BCUT2D eigenvalue weighted by molar-refractivity contribution is 7.98. The standard InChI is InChI=1S/C30H37N3O4S/c34-26(35)13-20-7-4-10-33(17-20)25-9-8-24(29(31-25)38-18-19-5-2-1-3-6-19)28(36)32-27-22-11-21-12-23(27)16-30(37,14-21)15-22/h1-3,5-6,8-9,20-23,27,37H,4,7,10-18H2,(H,32,36)(H,34,35)/t20-,21?,22?,23?,27-,30+/m0/s1. The number of piperidine rings is 1. The van der Waals surface area contributed by atoms with E-state index in [0.717, 1.165) is 57.3 Å². The van der Waals surface area contributed by atoms with E-state index in [0.29, 0.717) is 40.6 Å². The fourth-order valence-corrected chi connectivity index (χ4v) is 8.72. The average molecular weight is 536 g/mol. The number of carbonyl (C=O) groups is 2. The van der Waals surface area contributed by atoms with Crippen molar-refractivity contribution in [3.63, 3.8) is 0 Å². The van der Waals surface area contributed by atoms with Crippen LogP contribution in [0.3, 0.4) is 0 Å². The van der Waals surface area contributed by atoms with Crippen LogP contribution in [0.4, 0.5) is 5.82 Å². The summed E-state index contributed by atoms with van der Waals surface area (Å²) in [5.74, 6) is 2.09. The molecule has 1 aliphatic heterocycles. The molecule has 7 rings (SSSR count). The zero-order valence-corrected chi connectivity index (χ0v) is 22.5. The maximum absolute atomic E-state index is 13.7. The average Bonchev–Trinajstić information content (AvgIpc) is 2.89. The first-order chi connectivity index (χ1) is 18.3. The number of aromatic nitrogens is 1. The smallest absolute Gasteiger partial charge is 0.303 e. The Hall–Kier alpha value is -2.58. The number of rotatable bonds is 8. The van der Waals surface area contributed by atoms with Crippen LogP contribution in [0.2, 0.25) is 0 Å². The first-order valence-electron chi connectivity index (χ1n) is 14.0. The number of amides is 1. The van der Waals surface area contributed by atoms with Gasteiger partial charge < -0.3 is 20.4 Å². The highest BCUT2D eigenvalue weighted by Crippen LogP contribution is 2.55. The number of nitrogens with one attached hydrogen (secondary N) is 1. The predicted octanol–water partition coefficient (Wildman–Crippen LogP) is 4.73. The van der Waals surface area contributed by atoms with Gasteiger partial charge in [0.15, 0.2) is 0 Å². The number of carbonyl (C=O) groups excluding carboxylic acids is 1. The number of thioether (sulfide) groups is 1. The third kappa shape index (κ3) is 5.43. The van der Waals surface area contributed by atoms with E-state index in [4.69, 9.17) is 4.98 Å². The van der Waals surface area contributed by atoms with Gasteiger partial charge in [-0.2, -0.15) is 0 Å². The molecule has 0 radical (unpaired) electrons. The van der Waals surface area contributed by atoms with Crippen LogP contribution in [0.1, 0.15) is 67.3 Å². The van der Waals surface area contributed by atoms with Gasteiger partial charge in [-0.25, -0.2) is 4.98 Å². The molecule has 4 aliphatic carbocycles. The first kappa shape index (κ1) is 25.7. The lowest BCUT2D eigenvalue weighted by molar-refractivity contribution is -0.138. The maximum atomic E-state index is 13.7. The molecule has 1 amide bonds. The van der Waals surface area contributed by atoms with Gasteiger partial charge in [-0.3, -0.25) is 9.59 Å². The van der Waals surface area contributed by atoms with E-state index in [1.807, 2.05) is 30.3 Å². The maximum Gasteiger partial charge on any atom is 0.303 e. The third-order valence-corrected chi connectivity index (χ3v) is 10.2. The second kappa shape index (κ2) is 10.5. The van der Waals surface area contributed by atoms with Gasteiger partial charge in [-0.1, -0.05) is 30.3 Å². The van der Waals surface area contributed by atoms with Crippen molar-refractivity contribution in [2.24, 2.45) is 23.7 Å². The molecule has 38 heavy (non-hydrogen) atoms. The summed E-state index contributed by atoms with van der Waals surface area (Å²) in [6.07, 6.45) is 6.74. The van der Waals surface area contributed by atoms with Crippen molar-refractivity contribution in [1.82, 2.24) is 10.3 Å². The van der Waals surface area contributed by atoms with Crippen LogP contribution < -0.4 is 10.2 Å². The molecular formula is C30H37N3O4S. The fraction of sp³-hybridized carbons (Fsp3) is 0.567. The first-order valence-corrected chi connectivity index (χ1v) is 15.0. The molecule has 7 nitrogen and oxygen atoms in total. The van der Waals surface area contributed by atoms with Crippen molar-refractivity contribution >= 4 is 29.5 Å². The van der Waals surface area contributed by atoms with Crippen LogP contribution in [-0.2, 0) is 10.5 Å². The number of hydrogen-bond donors (Lipinski definition) is 3. The number of aliphatic carboxylic acids is 1. The number of carboxylic acid groups (broad SMARTS) is 1. The lowest BCUT2D eigenvalue weighted by Crippen LogP contribution is -2.61. The number of aliphatic hydroxyl groups is 1. The molecule has 1 aromatic carbocycles.